The number of hydroxylamine groups is 1. The van der Waals surface area contributed by atoms with E-state index >= 15 is 0 Å². The number of ether oxygens (including phenoxy) is 1. The molecule has 3 heteroatoms. The van der Waals surface area contributed by atoms with Crippen molar-refractivity contribution in [1.82, 2.24) is 5.48 Å². The molecule has 0 saturated carbocycles. The third kappa shape index (κ3) is 3.36. The number of methoxy groups -OCH3 is 1. The first-order valence-electron chi connectivity index (χ1n) is 4.79. The molecule has 1 atom stereocenters. The second-order valence-corrected chi connectivity index (χ2v) is 3.42. The van der Waals surface area contributed by atoms with Gasteiger partial charge >= 0.3 is 0 Å². The Morgan fingerprint density at radius 2 is 2.00 bits per heavy atom. The fourth-order valence-corrected chi connectivity index (χ4v) is 1.24. The third-order valence-corrected chi connectivity index (χ3v) is 2.25. The zero-order chi connectivity index (χ0) is 10.4. The minimum atomic E-state index is 0.136. The average molecular weight is 195 g/mol. The van der Waals surface area contributed by atoms with Gasteiger partial charge in [-0.2, -0.15) is 0 Å². The summed E-state index contributed by atoms with van der Waals surface area (Å²) < 4.78 is 5.06. The van der Waals surface area contributed by atoms with E-state index in [2.05, 4.69) is 5.48 Å². The van der Waals surface area contributed by atoms with Gasteiger partial charge in [0, 0.05) is 6.04 Å². The van der Waals surface area contributed by atoms with Crippen molar-refractivity contribution in [2.45, 2.75) is 25.8 Å². The van der Waals surface area contributed by atoms with Gasteiger partial charge in [0.05, 0.1) is 7.11 Å². The Morgan fingerprint density at radius 3 is 2.50 bits per heavy atom. The molecule has 1 aromatic rings. The summed E-state index contributed by atoms with van der Waals surface area (Å²) in [6.07, 6.45) is 1.88. The highest BCUT2D eigenvalue weighted by Gasteiger charge is 2.00. The number of hydrogen-bond donors (Lipinski definition) is 2. The van der Waals surface area contributed by atoms with Crippen LogP contribution >= 0.6 is 0 Å². The van der Waals surface area contributed by atoms with E-state index in [9.17, 15) is 0 Å². The Kier molecular flexibility index (Phi) is 4.43. The second kappa shape index (κ2) is 5.62. The SMILES string of the molecule is COc1ccc(CCC(C)NO)cc1. The summed E-state index contributed by atoms with van der Waals surface area (Å²) in [5, 5.41) is 8.62. The maximum atomic E-state index is 8.62. The van der Waals surface area contributed by atoms with Crippen LogP contribution in [0.2, 0.25) is 0 Å². The number of nitrogens with one attached hydrogen (secondary N) is 1. The van der Waals surface area contributed by atoms with Crippen LogP contribution in [0.1, 0.15) is 18.9 Å². The highest BCUT2D eigenvalue weighted by atomic mass is 16.5. The summed E-state index contributed by atoms with van der Waals surface area (Å²) in [4.78, 5) is 0. The number of rotatable bonds is 5. The van der Waals surface area contributed by atoms with Crippen LogP contribution in [0.25, 0.3) is 0 Å². The fourth-order valence-electron chi connectivity index (χ4n) is 1.24. The molecule has 0 aromatic heterocycles. The molecule has 0 aliphatic rings. The standard InChI is InChI=1S/C11H17NO2/c1-9(12-13)3-4-10-5-7-11(14-2)8-6-10/h5-9,12-13H,3-4H2,1-2H3. The molecule has 0 aliphatic heterocycles. The van der Waals surface area contributed by atoms with Gasteiger partial charge in [-0.05, 0) is 37.5 Å². The van der Waals surface area contributed by atoms with E-state index in [-0.39, 0.29) is 6.04 Å². The Bertz CT molecular complexity index is 258. The predicted octanol–water partition coefficient (Wildman–Crippen LogP) is 2.00. The first kappa shape index (κ1) is 11.0. The van der Waals surface area contributed by atoms with Gasteiger partial charge in [-0.3, -0.25) is 0 Å². The van der Waals surface area contributed by atoms with E-state index in [0.717, 1.165) is 18.6 Å². The zero-order valence-electron chi connectivity index (χ0n) is 8.66. The Labute approximate surface area is 84.7 Å². The lowest BCUT2D eigenvalue weighted by Crippen LogP contribution is -2.22. The lowest BCUT2D eigenvalue weighted by molar-refractivity contribution is 0.129. The summed E-state index contributed by atoms with van der Waals surface area (Å²) in [5.74, 6) is 0.877. The van der Waals surface area contributed by atoms with Crippen molar-refractivity contribution in [3.8, 4) is 5.75 Å². The van der Waals surface area contributed by atoms with E-state index in [4.69, 9.17) is 9.94 Å². The van der Waals surface area contributed by atoms with Gasteiger partial charge in [-0.1, -0.05) is 12.1 Å². The van der Waals surface area contributed by atoms with Gasteiger partial charge < -0.3 is 9.94 Å². The van der Waals surface area contributed by atoms with E-state index in [1.54, 1.807) is 7.11 Å². The van der Waals surface area contributed by atoms with Crippen molar-refractivity contribution in [3.63, 3.8) is 0 Å². The highest BCUT2D eigenvalue weighted by Crippen LogP contribution is 2.12. The summed E-state index contributed by atoms with van der Waals surface area (Å²) in [5.41, 5.74) is 3.49. The molecule has 0 amide bonds. The Hall–Kier alpha value is -1.06. The molecule has 0 spiro atoms. The molecule has 1 unspecified atom stereocenters. The van der Waals surface area contributed by atoms with Crippen LogP contribution in [-0.2, 0) is 6.42 Å². The van der Waals surface area contributed by atoms with Crippen LogP contribution in [-0.4, -0.2) is 18.4 Å². The van der Waals surface area contributed by atoms with E-state index in [1.807, 2.05) is 31.2 Å². The van der Waals surface area contributed by atoms with Crippen LogP contribution < -0.4 is 10.2 Å². The smallest absolute Gasteiger partial charge is 0.118 e. The number of hydrogen-bond acceptors (Lipinski definition) is 3. The molecule has 0 saturated heterocycles. The molecule has 2 N–H and O–H groups in total. The molecule has 0 radical (unpaired) electrons. The fraction of sp³-hybridized carbons (Fsp3) is 0.455. The minimum Gasteiger partial charge on any atom is -0.497 e. The molecule has 78 valence electrons. The van der Waals surface area contributed by atoms with Gasteiger partial charge in [0.25, 0.3) is 0 Å². The van der Waals surface area contributed by atoms with Gasteiger partial charge in [-0.25, -0.2) is 5.48 Å². The first-order chi connectivity index (χ1) is 6.76. The first-order valence-corrected chi connectivity index (χ1v) is 4.79. The normalized spacial score (nSPS) is 12.5. The topological polar surface area (TPSA) is 41.5 Å². The molecule has 1 aromatic carbocycles. The maximum absolute atomic E-state index is 8.62. The number of benzene rings is 1. The summed E-state index contributed by atoms with van der Waals surface area (Å²) >= 11 is 0. The van der Waals surface area contributed by atoms with E-state index in [0.29, 0.717) is 0 Å². The van der Waals surface area contributed by atoms with Crippen molar-refractivity contribution < 1.29 is 9.94 Å². The Balaban J connectivity index is 2.43. The summed E-state index contributed by atoms with van der Waals surface area (Å²) in [7, 11) is 1.66. The monoisotopic (exact) mass is 195 g/mol. The lowest BCUT2D eigenvalue weighted by atomic mass is 10.1. The molecule has 0 heterocycles. The molecule has 14 heavy (non-hydrogen) atoms. The second-order valence-electron chi connectivity index (χ2n) is 3.42. The molecular weight excluding hydrogens is 178 g/mol. The van der Waals surface area contributed by atoms with Crippen molar-refractivity contribution in [1.29, 1.82) is 0 Å². The quantitative estimate of drug-likeness (QED) is 0.706. The Morgan fingerprint density at radius 1 is 1.36 bits per heavy atom. The van der Waals surface area contributed by atoms with Gasteiger partial charge in [0.2, 0.25) is 0 Å². The molecule has 0 fully saturated rings. The minimum absolute atomic E-state index is 0.136. The van der Waals surface area contributed by atoms with Crippen LogP contribution in [0.5, 0.6) is 5.75 Å². The molecule has 0 bridgehead atoms. The third-order valence-electron chi connectivity index (χ3n) is 2.25. The maximum Gasteiger partial charge on any atom is 0.118 e. The predicted molar refractivity (Wildman–Crippen MR) is 55.7 cm³/mol. The van der Waals surface area contributed by atoms with Gasteiger partial charge in [-0.15, -0.1) is 0 Å². The lowest BCUT2D eigenvalue weighted by Gasteiger charge is -2.08. The van der Waals surface area contributed by atoms with Crippen LogP contribution in [0.4, 0.5) is 0 Å². The van der Waals surface area contributed by atoms with E-state index in [1.165, 1.54) is 5.56 Å². The molecular formula is C11H17NO2. The van der Waals surface area contributed by atoms with Gasteiger partial charge in [0.15, 0.2) is 0 Å². The van der Waals surface area contributed by atoms with E-state index < -0.39 is 0 Å². The van der Waals surface area contributed by atoms with Crippen molar-refractivity contribution in [3.05, 3.63) is 29.8 Å². The van der Waals surface area contributed by atoms with Crippen molar-refractivity contribution in [2.24, 2.45) is 0 Å². The molecule has 0 aliphatic carbocycles. The molecule has 1 rings (SSSR count). The average Bonchev–Trinajstić information content (AvgIpc) is 2.26. The van der Waals surface area contributed by atoms with Crippen LogP contribution in [0.3, 0.4) is 0 Å². The summed E-state index contributed by atoms with van der Waals surface area (Å²) in [6.45, 7) is 1.95. The number of aryl methyl sites for hydroxylation is 1. The highest BCUT2D eigenvalue weighted by molar-refractivity contribution is 5.27. The van der Waals surface area contributed by atoms with Crippen LogP contribution in [0.15, 0.2) is 24.3 Å². The van der Waals surface area contributed by atoms with Gasteiger partial charge in [0.1, 0.15) is 5.75 Å². The van der Waals surface area contributed by atoms with Crippen molar-refractivity contribution >= 4 is 0 Å². The summed E-state index contributed by atoms with van der Waals surface area (Å²) in [6, 6.07) is 8.13. The molecule has 3 nitrogen and oxygen atoms in total. The van der Waals surface area contributed by atoms with Crippen LogP contribution in [0, 0.1) is 0 Å². The van der Waals surface area contributed by atoms with Crippen molar-refractivity contribution in [2.75, 3.05) is 7.11 Å². The zero-order valence-corrected chi connectivity index (χ0v) is 8.66. The largest absolute Gasteiger partial charge is 0.497 e.